The molecule has 126 valence electrons. The molecule has 0 aromatic heterocycles. The lowest BCUT2D eigenvalue weighted by Crippen LogP contribution is -2.16. The van der Waals surface area contributed by atoms with Crippen molar-refractivity contribution in [2.45, 2.75) is 110 Å². The highest BCUT2D eigenvalue weighted by Gasteiger charge is 2.11. The van der Waals surface area contributed by atoms with E-state index in [-0.39, 0.29) is 5.91 Å². The number of carbonyl (C=O) groups excluding carboxylic acids is 1. The molecular formula is C19H39NO. The lowest BCUT2D eigenvalue weighted by molar-refractivity contribution is -0.119. The molecule has 2 N–H and O–H groups in total. The van der Waals surface area contributed by atoms with Crippen molar-refractivity contribution in [3.05, 3.63) is 0 Å². The van der Waals surface area contributed by atoms with Crippen molar-refractivity contribution in [3.8, 4) is 0 Å². The summed E-state index contributed by atoms with van der Waals surface area (Å²) in [6.07, 6.45) is 19.0. The van der Waals surface area contributed by atoms with Crippen molar-refractivity contribution in [1.29, 1.82) is 0 Å². The number of carbonyl (C=O) groups is 1. The monoisotopic (exact) mass is 297 g/mol. The van der Waals surface area contributed by atoms with Crippen LogP contribution in [0.5, 0.6) is 0 Å². The highest BCUT2D eigenvalue weighted by atomic mass is 16.1. The summed E-state index contributed by atoms with van der Waals surface area (Å²) in [4.78, 5) is 11.2. The van der Waals surface area contributed by atoms with Gasteiger partial charge in [-0.1, -0.05) is 90.9 Å². The average molecular weight is 298 g/mol. The van der Waals surface area contributed by atoms with E-state index in [0.717, 1.165) is 0 Å². The van der Waals surface area contributed by atoms with E-state index in [1.165, 1.54) is 89.9 Å². The Labute approximate surface area is 133 Å². The minimum Gasteiger partial charge on any atom is -0.370 e. The SMILES string of the molecule is CCCCCCCCC(CCCCCCCC)CC(N)=O. The van der Waals surface area contributed by atoms with E-state index in [1.807, 2.05) is 0 Å². The molecule has 0 rings (SSSR count). The molecule has 0 heterocycles. The number of hydrogen-bond acceptors (Lipinski definition) is 1. The minimum atomic E-state index is -0.114. The molecule has 0 aliphatic carbocycles. The quantitative estimate of drug-likeness (QED) is 0.350. The van der Waals surface area contributed by atoms with Crippen LogP contribution in [0, 0.1) is 5.92 Å². The lowest BCUT2D eigenvalue weighted by atomic mass is 9.91. The Hall–Kier alpha value is -0.530. The van der Waals surface area contributed by atoms with Gasteiger partial charge in [0.2, 0.25) is 5.91 Å². The van der Waals surface area contributed by atoms with Gasteiger partial charge in [0, 0.05) is 6.42 Å². The smallest absolute Gasteiger partial charge is 0.217 e. The van der Waals surface area contributed by atoms with Crippen molar-refractivity contribution < 1.29 is 4.79 Å². The summed E-state index contributed by atoms with van der Waals surface area (Å²) >= 11 is 0. The van der Waals surface area contributed by atoms with Gasteiger partial charge in [0.25, 0.3) is 0 Å². The summed E-state index contributed by atoms with van der Waals surface area (Å²) in [5.41, 5.74) is 5.39. The summed E-state index contributed by atoms with van der Waals surface area (Å²) in [6, 6.07) is 0. The van der Waals surface area contributed by atoms with E-state index >= 15 is 0 Å². The zero-order chi connectivity index (χ0) is 15.8. The molecule has 0 atom stereocenters. The van der Waals surface area contributed by atoms with Crippen LogP contribution in [0.4, 0.5) is 0 Å². The second-order valence-corrected chi connectivity index (χ2v) is 6.65. The van der Waals surface area contributed by atoms with E-state index < -0.39 is 0 Å². The molecule has 0 unspecified atom stereocenters. The van der Waals surface area contributed by atoms with E-state index in [2.05, 4.69) is 13.8 Å². The van der Waals surface area contributed by atoms with E-state index in [9.17, 15) is 4.79 Å². The molecule has 0 aromatic carbocycles. The third kappa shape index (κ3) is 15.7. The van der Waals surface area contributed by atoms with Gasteiger partial charge in [0.15, 0.2) is 0 Å². The minimum absolute atomic E-state index is 0.114. The lowest BCUT2D eigenvalue weighted by Gasteiger charge is -2.15. The highest BCUT2D eigenvalue weighted by Crippen LogP contribution is 2.21. The van der Waals surface area contributed by atoms with Crippen LogP contribution in [0.15, 0.2) is 0 Å². The fraction of sp³-hybridized carbons (Fsp3) is 0.947. The molecule has 0 aliphatic rings. The van der Waals surface area contributed by atoms with Crippen molar-refractivity contribution in [1.82, 2.24) is 0 Å². The summed E-state index contributed by atoms with van der Waals surface area (Å²) in [5, 5.41) is 0. The third-order valence-electron chi connectivity index (χ3n) is 4.42. The Morgan fingerprint density at radius 1 is 0.714 bits per heavy atom. The molecule has 0 fully saturated rings. The maximum Gasteiger partial charge on any atom is 0.217 e. The number of amides is 1. The zero-order valence-corrected chi connectivity index (χ0v) is 14.7. The molecule has 0 spiro atoms. The van der Waals surface area contributed by atoms with Crippen LogP contribution in [0.2, 0.25) is 0 Å². The van der Waals surface area contributed by atoms with Gasteiger partial charge in [0.05, 0.1) is 0 Å². The van der Waals surface area contributed by atoms with Gasteiger partial charge in [-0.2, -0.15) is 0 Å². The van der Waals surface area contributed by atoms with Crippen molar-refractivity contribution in [2.75, 3.05) is 0 Å². The molecule has 0 aliphatic heterocycles. The first kappa shape index (κ1) is 20.5. The fourth-order valence-corrected chi connectivity index (χ4v) is 3.06. The second-order valence-electron chi connectivity index (χ2n) is 6.65. The Morgan fingerprint density at radius 2 is 1.10 bits per heavy atom. The molecule has 0 bridgehead atoms. The summed E-state index contributed by atoms with van der Waals surface area (Å²) in [6.45, 7) is 4.51. The first-order valence-electron chi connectivity index (χ1n) is 9.49. The van der Waals surface area contributed by atoms with Crippen molar-refractivity contribution in [3.63, 3.8) is 0 Å². The van der Waals surface area contributed by atoms with E-state index in [0.29, 0.717) is 12.3 Å². The molecule has 2 nitrogen and oxygen atoms in total. The molecule has 0 saturated carbocycles. The molecule has 1 amide bonds. The predicted molar refractivity (Wildman–Crippen MR) is 93.3 cm³/mol. The zero-order valence-electron chi connectivity index (χ0n) is 14.7. The van der Waals surface area contributed by atoms with Gasteiger partial charge in [-0.15, -0.1) is 0 Å². The first-order valence-corrected chi connectivity index (χ1v) is 9.49. The molecule has 0 radical (unpaired) electrons. The van der Waals surface area contributed by atoms with Gasteiger partial charge in [-0.3, -0.25) is 4.79 Å². The maximum absolute atomic E-state index is 11.2. The second kappa shape index (κ2) is 15.9. The number of nitrogens with two attached hydrogens (primary N) is 1. The van der Waals surface area contributed by atoms with Crippen LogP contribution < -0.4 is 5.73 Å². The Balaban J connectivity index is 3.64. The Morgan fingerprint density at radius 3 is 1.48 bits per heavy atom. The molecular weight excluding hydrogens is 258 g/mol. The highest BCUT2D eigenvalue weighted by molar-refractivity contribution is 5.73. The van der Waals surface area contributed by atoms with E-state index in [4.69, 9.17) is 5.73 Å². The number of unbranched alkanes of at least 4 members (excludes halogenated alkanes) is 10. The Kier molecular flexibility index (Phi) is 15.5. The number of hydrogen-bond donors (Lipinski definition) is 1. The van der Waals surface area contributed by atoms with Crippen LogP contribution in [0.1, 0.15) is 110 Å². The van der Waals surface area contributed by atoms with Gasteiger partial charge in [-0.05, 0) is 18.8 Å². The fourth-order valence-electron chi connectivity index (χ4n) is 3.06. The van der Waals surface area contributed by atoms with Gasteiger partial charge in [0.1, 0.15) is 0 Å². The van der Waals surface area contributed by atoms with Crippen LogP contribution in [-0.2, 0) is 4.79 Å². The van der Waals surface area contributed by atoms with Crippen LogP contribution in [0.3, 0.4) is 0 Å². The number of primary amides is 1. The molecule has 21 heavy (non-hydrogen) atoms. The average Bonchev–Trinajstić information content (AvgIpc) is 2.45. The number of rotatable bonds is 16. The van der Waals surface area contributed by atoms with Gasteiger partial charge < -0.3 is 5.73 Å². The maximum atomic E-state index is 11.2. The van der Waals surface area contributed by atoms with Crippen LogP contribution in [0.25, 0.3) is 0 Å². The molecule has 0 aromatic rings. The predicted octanol–water partition coefficient (Wildman–Crippen LogP) is 5.98. The molecule has 2 heteroatoms. The van der Waals surface area contributed by atoms with Crippen LogP contribution >= 0.6 is 0 Å². The summed E-state index contributed by atoms with van der Waals surface area (Å²) < 4.78 is 0. The summed E-state index contributed by atoms with van der Waals surface area (Å²) in [7, 11) is 0. The third-order valence-corrected chi connectivity index (χ3v) is 4.42. The van der Waals surface area contributed by atoms with Crippen molar-refractivity contribution in [2.24, 2.45) is 11.7 Å². The normalized spacial score (nSPS) is 11.2. The van der Waals surface area contributed by atoms with Gasteiger partial charge >= 0.3 is 0 Å². The van der Waals surface area contributed by atoms with E-state index in [1.54, 1.807) is 0 Å². The standard InChI is InChI=1S/C19H39NO/c1-3-5-7-9-11-13-15-18(17-19(20)21)16-14-12-10-8-6-4-2/h18H,3-17H2,1-2H3,(H2,20,21). The first-order chi connectivity index (χ1) is 10.2. The Bertz CT molecular complexity index is 212. The molecule has 0 saturated heterocycles. The van der Waals surface area contributed by atoms with Gasteiger partial charge in [-0.25, -0.2) is 0 Å². The van der Waals surface area contributed by atoms with Crippen LogP contribution in [-0.4, -0.2) is 5.91 Å². The topological polar surface area (TPSA) is 43.1 Å². The largest absolute Gasteiger partial charge is 0.370 e. The van der Waals surface area contributed by atoms with Crippen molar-refractivity contribution >= 4 is 5.91 Å². The summed E-state index contributed by atoms with van der Waals surface area (Å²) in [5.74, 6) is 0.428.